The summed E-state index contributed by atoms with van der Waals surface area (Å²) in [5.41, 5.74) is -0.714. The maximum absolute atomic E-state index is 11.4. The third-order valence-electron chi connectivity index (χ3n) is 1.78. The predicted molar refractivity (Wildman–Crippen MR) is 61.7 cm³/mol. The van der Waals surface area contributed by atoms with Gasteiger partial charge in [-0.3, -0.25) is 10.1 Å². The number of carbonyl (C=O) groups excluding carboxylic acids is 2. The lowest BCUT2D eigenvalue weighted by atomic mass is 10.2. The maximum atomic E-state index is 11.4. The molecule has 0 heterocycles. The van der Waals surface area contributed by atoms with Crippen molar-refractivity contribution in [1.29, 1.82) is 0 Å². The molecule has 0 bridgehead atoms. The van der Waals surface area contributed by atoms with Gasteiger partial charge in [-0.15, -0.1) is 0 Å². The minimum absolute atomic E-state index is 0.154. The molecule has 1 amide bonds. The molecule has 8 heteroatoms. The molecule has 8 nitrogen and oxygen atoms in total. The molecule has 0 radical (unpaired) electrons. The summed E-state index contributed by atoms with van der Waals surface area (Å²) in [6.45, 7) is 4.54. The second kappa shape index (κ2) is 6.77. The van der Waals surface area contributed by atoms with Gasteiger partial charge in [0.25, 0.3) is 0 Å². The summed E-state index contributed by atoms with van der Waals surface area (Å²) in [6, 6.07) is -1.09. The van der Waals surface area contributed by atoms with E-state index in [9.17, 15) is 19.7 Å². The number of amides is 1. The van der Waals surface area contributed by atoms with Crippen molar-refractivity contribution in [3.05, 3.63) is 10.1 Å². The zero-order chi connectivity index (χ0) is 14.3. The van der Waals surface area contributed by atoms with E-state index in [1.54, 1.807) is 20.8 Å². The predicted octanol–water partition coefficient (Wildman–Crippen LogP) is 0.719. The van der Waals surface area contributed by atoms with Crippen LogP contribution in [-0.2, 0) is 14.3 Å². The highest BCUT2D eigenvalue weighted by Gasteiger charge is 2.26. The molecule has 0 unspecified atom stereocenters. The van der Waals surface area contributed by atoms with E-state index in [0.717, 1.165) is 7.11 Å². The van der Waals surface area contributed by atoms with Crippen molar-refractivity contribution >= 4 is 12.1 Å². The topological polar surface area (TPSA) is 108 Å². The number of nitrogens with zero attached hydrogens (tertiary/aromatic N) is 1. The van der Waals surface area contributed by atoms with Gasteiger partial charge in [0.05, 0.1) is 7.11 Å². The van der Waals surface area contributed by atoms with Crippen LogP contribution in [0.25, 0.3) is 0 Å². The zero-order valence-corrected chi connectivity index (χ0v) is 10.9. The lowest BCUT2D eigenvalue weighted by molar-refractivity contribution is -0.480. The SMILES string of the molecule is COC(=O)[C@H](CC[N+](=O)[O-])NC(=O)OC(C)(C)C. The van der Waals surface area contributed by atoms with Crippen LogP contribution in [0.1, 0.15) is 27.2 Å². The highest BCUT2D eigenvalue weighted by Crippen LogP contribution is 2.07. The van der Waals surface area contributed by atoms with Crippen LogP contribution < -0.4 is 5.32 Å². The standard InChI is InChI=1S/C10H18N2O6/c1-10(2,3)18-9(14)11-7(8(13)17-4)5-6-12(15)16/h7H,5-6H2,1-4H3,(H,11,14)/t7-/m0/s1. The van der Waals surface area contributed by atoms with E-state index in [2.05, 4.69) is 10.1 Å². The Bertz CT molecular complexity index is 323. The van der Waals surface area contributed by atoms with E-state index in [0.29, 0.717) is 0 Å². The van der Waals surface area contributed by atoms with Crippen LogP contribution in [0.15, 0.2) is 0 Å². The van der Waals surface area contributed by atoms with Crippen LogP contribution in [0, 0.1) is 10.1 Å². The molecule has 0 aromatic rings. The van der Waals surface area contributed by atoms with Gasteiger partial charge >= 0.3 is 12.1 Å². The Kier molecular flexibility index (Phi) is 6.07. The number of nitrogens with one attached hydrogen (secondary N) is 1. The van der Waals surface area contributed by atoms with Gasteiger partial charge in [-0.05, 0) is 20.8 Å². The fraction of sp³-hybridized carbons (Fsp3) is 0.800. The molecule has 0 aromatic carbocycles. The van der Waals surface area contributed by atoms with Crippen molar-refractivity contribution in [3.8, 4) is 0 Å². The average Bonchev–Trinajstić information content (AvgIpc) is 2.20. The molecule has 0 saturated heterocycles. The molecule has 104 valence electrons. The third-order valence-corrected chi connectivity index (χ3v) is 1.78. The third kappa shape index (κ3) is 7.42. The van der Waals surface area contributed by atoms with Gasteiger partial charge in [0.15, 0.2) is 0 Å². The first kappa shape index (κ1) is 16.1. The Morgan fingerprint density at radius 2 is 1.94 bits per heavy atom. The summed E-state index contributed by atoms with van der Waals surface area (Å²) in [7, 11) is 1.14. The molecular formula is C10H18N2O6. The maximum Gasteiger partial charge on any atom is 0.408 e. The largest absolute Gasteiger partial charge is 0.467 e. The van der Waals surface area contributed by atoms with Crippen LogP contribution in [0.3, 0.4) is 0 Å². The van der Waals surface area contributed by atoms with Crippen molar-refractivity contribution in [3.63, 3.8) is 0 Å². The molecule has 0 saturated carbocycles. The number of alkyl carbamates (subject to hydrolysis) is 1. The van der Waals surface area contributed by atoms with Crippen LogP contribution in [0.5, 0.6) is 0 Å². The number of esters is 1. The molecule has 0 aliphatic carbocycles. The van der Waals surface area contributed by atoms with Gasteiger partial charge in [0.2, 0.25) is 6.54 Å². The quantitative estimate of drug-likeness (QED) is 0.444. The Balaban J connectivity index is 4.45. The van der Waals surface area contributed by atoms with E-state index in [4.69, 9.17) is 4.74 Å². The second-order valence-corrected chi connectivity index (χ2v) is 4.57. The van der Waals surface area contributed by atoms with Crippen LogP contribution in [-0.4, -0.2) is 42.3 Å². The number of hydrogen-bond donors (Lipinski definition) is 1. The number of hydrogen-bond acceptors (Lipinski definition) is 6. The molecule has 0 fully saturated rings. The smallest absolute Gasteiger partial charge is 0.408 e. The van der Waals surface area contributed by atoms with Crippen molar-refractivity contribution in [2.45, 2.75) is 38.8 Å². The first-order valence-electron chi connectivity index (χ1n) is 5.35. The van der Waals surface area contributed by atoms with Crippen molar-refractivity contribution in [1.82, 2.24) is 5.32 Å². The van der Waals surface area contributed by atoms with Gasteiger partial charge in [-0.2, -0.15) is 0 Å². The highest BCUT2D eigenvalue weighted by molar-refractivity contribution is 5.81. The number of methoxy groups -OCH3 is 1. The van der Waals surface area contributed by atoms with Crippen LogP contribution in [0.2, 0.25) is 0 Å². The van der Waals surface area contributed by atoms with E-state index in [-0.39, 0.29) is 6.42 Å². The van der Waals surface area contributed by atoms with Crippen molar-refractivity contribution in [2.75, 3.05) is 13.7 Å². The molecule has 0 aromatic heterocycles. The van der Waals surface area contributed by atoms with Crippen LogP contribution >= 0.6 is 0 Å². The van der Waals surface area contributed by atoms with Gasteiger partial charge in [0.1, 0.15) is 11.6 Å². The first-order chi connectivity index (χ1) is 8.15. The Morgan fingerprint density at radius 3 is 2.33 bits per heavy atom. The molecule has 1 N–H and O–H groups in total. The Labute approximate surface area is 105 Å². The lowest BCUT2D eigenvalue weighted by Gasteiger charge is -2.22. The molecule has 18 heavy (non-hydrogen) atoms. The van der Waals surface area contributed by atoms with Crippen LogP contribution in [0.4, 0.5) is 4.79 Å². The van der Waals surface area contributed by atoms with Gasteiger partial charge in [-0.1, -0.05) is 0 Å². The van der Waals surface area contributed by atoms with E-state index < -0.39 is 35.2 Å². The number of nitro groups is 1. The fourth-order valence-electron chi connectivity index (χ4n) is 1.08. The van der Waals surface area contributed by atoms with E-state index in [1.807, 2.05) is 0 Å². The molecule has 0 spiro atoms. The van der Waals surface area contributed by atoms with Gasteiger partial charge in [0, 0.05) is 11.3 Å². The molecule has 1 atom stereocenters. The monoisotopic (exact) mass is 262 g/mol. The molecule has 0 aliphatic heterocycles. The van der Waals surface area contributed by atoms with Gasteiger partial charge < -0.3 is 14.8 Å². The first-order valence-corrected chi connectivity index (χ1v) is 5.35. The Hall–Kier alpha value is -1.86. The molecule has 0 rings (SSSR count). The molecular weight excluding hydrogens is 244 g/mol. The lowest BCUT2D eigenvalue weighted by Crippen LogP contribution is -2.44. The van der Waals surface area contributed by atoms with E-state index in [1.165, 1.54) is 0 Å². The fourth-order valence-corrected chi connectivity index (χ4v) is 1.08. The average molecular weight is 262 g/mol. The van der Waals surface area contributed by atoms with Gasteiger partial charge in [-0.25, -0.2) is 9.59 Å². The van der Waals surface area contributed by atoms with Crippen molar-refractivity contribution in [2.24, 2.45) is 0 Å². The highest BCUT2D eigenvalue weighted by atomic mass is 16.6. The normalized spacial score (nSPS) is 12.4. The van der Waals surface area contributed by atoms with Crippen molar-refractivity contribution < 1.29 is 24.0 Å². The molecule has 0 aliphatic rings. The summed E-state index contributed by atoms with van der Waals surface area (Å²) < 4.78 is 9.39. The minimum atomic E-state index is -1.09. The summed E-state index contributed by atoms with van der Waals surface area (Å²) >= 11 is 0. The second-order valence-electron chi connectivity index (χ2n) is 4.57. The summed E-state index contributed by atoms with van der Waals surface area (Å²) in [5.74, 6) is -0.747. The van der Waals surface area contributed by atoms with E-state index >= 15 is 0 Å². The minimum Gasteiger partial charge on any atom is -0.467 e. The summed E-state index contributed by atoms with van der Waals surface area (Å²) in [6.07, 6.45) is -0.972. The zero-order valence-electron chi connectivity index (χ0n) is 10.9. The summed E-state index contributed by atoms with van der Waals surface area (Å²) in [4.78, 5) is 32.4. The Morgan fingerprint density at radius 1 is 1.39 bits per heavy atom. The summed E-state index contributed by atoms with van der Waals surface area (Å²) in [5, 5.41) is 12.5. The number of carbonyl (C=O) groups is 2. The number of rotatable bonds is 5. The number of ether oxygens (including phenoxy) is 2.